The van der Waals surface area contributed by atoms with Crippen molar-refractivity contribution in [1.29, 1.82) is 0 Å². The van der Waals surface area contributed by atoms with Gasteiger partial charge in [-0.15, -0.1) is 0 Å². The Kier molecular flexibility index (Phi) is 5.39. The lowest BCUT2D eigenvalue weighted by Gasteiger charge is -2.36. The lowest BCUT2D eigenvalue weighted by Crippen LogP contribution is -2.51. The second-order valence-corrected chi connectivity index (χ2v) is 11.0. The normalized spacial score (nSPS) is 25.3. The molecule has 2 aliphatic heterocycles. The highest BCUT2D eigenvalue weighted by Gasteiger charge is 2.41. The Balaban J connectivity index is 1.24. The van der Waals surface area contributed by atoms with Gasteiger partial charge in [-0.2, -0.15) is 4.31 Å². The minimum Gasteiger partial charge on any atom is -0.472 e. The number of rotatable bonds is 5. The van der Waals surface area contributed by atoms with Gasteiger partial charge < -0.3 is 4.74 Å². The summed E-state index contributed by atoms with van der Waals surface area (Å²) in [5.41, 5.74) is 1.04. The summed E-state index contributed by atoms with van der Waals surface area (Å²) in [5, 5.41) is 0.616. The van der Waals surface area contributed by atoms with Crippen LogP contribution in [0.2, 0.25) is 10.0 Å². The van der Waals surface area contributed by atoms with E-state index in [0.717, 1.165) is 18.7 Å². The van der Waals surface area contributed by atoms with Gasteiger partial charge >= 0.3 is 0 Å². The second kappa shape index (κ2) is 7.91. The van der Waals surface area contributed by atoms with E-state index in [9.17, 15) is 8.42 Å². The van der Waals surface area contributed by atoms with E-state index in [1.54, 1.807) is 12.4 Å². The predicted molar refractivity (Wildman–Crippen MR) is 114 cm³/mol. The maximum atomic E-state index is 13.1. The molecule has 0 N–H and O–H groups in total. The molecule has 7 nitrogen and oxygen atoms in total. The molecule has 30 heavy (non-hydrogen) atoms. The number of hydrogen-bond acceptors (Lipinski definition) is 6. The third kappa shape index (κ3) is 4.16. The number of halogens is 2. The Bertz CT molecular complexity index is 1030. The number of aromatic nitrogens is 2. The van der Waals surface area contributed by atoms with E-state index in [2.05, 4.69) is 14.9 Å². The first-order valence-electron chi connectivity index (χ1n) is 10.1. The maximum absolute atomic E-state index is 13.1. The lowest BCUT2D eigenvalue weighted by atomic mass is 10.2. The highest BCUT2D eigenvalue weighted by atomic mass is 35.5. The molecule has 1 aliphatic carbocycles. The van der Waals surface area contributed by atoms with Gasteiger partial charge in [-0.1, -0.05) is 23.2 Å². The zero-order valence-corrected chi connectivity index (χ0v) is 18.6. The van der Waals surface area contributed by atoms with Crippen LogP contribution in [0.5, 0.6) is 5.88 Å². The Labute approximate surface area is 186 Å². The zero-order valence-electron chi connectivity index (χ0n) is 16.2. The number of sulfonamides is 1. The Morgan fingerprint density at radius 3 is 2.43 bits per heavy atom. The third-order valence-corrected chi connectivity index (χ3v) is 8.22. The molecule has 160 valence electrons. The number of benzene rings is 1. The standard InChI is InChI=1S/C20H22Cl2N4O3S/c21-14-5-15(22)7-18(6-14)30(27,28)26-4-3-25-12-17(8-16(25)11-26)29-20-10-23-19(9-24-20)13-1-2-13/h5-7,9-10,13,16-17H,1-4,8,11-12H2/t16-,17-/m0/s1. The summed E-state index contributed by atoms with van der Waals surface area (Å²) in [4.78, 5) is 11.3. The van der Waals surface area contributed by atoms with Crippen LogP contribution in [0.3, 0.4) is 0 Å². The molecule has 2 aromatic rings. The van der Waals surface area contributed by atoms with Gasteiger partial charge in [0.1, 0.15) is 6.10 Å². The van der Waals surface area contributed by atoms with Crippen molar-refractivity contribution < 1.29 is 13.2 Å². The van der Waals surface area contributed by atoms with Gasteiger partial charge in [-0.05, 0) is 31.0 Å². The molecule has 1 saturated carbocycles. The van der Waals surface area contributed by atoms with E-state index in [4.69, 9.17) is 27.9 Å². The summed E-state index contributed by atoms with van der Waals surface area (Å²) in [5.74, 6) is 1.09. The molecule has 3 fully saturated rings. The molecule has 0 unspecified atom stereocenters. The topological polar surface area (TPSA) is 75.6 Å². The van der Waals surface area contributed by atoms with Crippen molar-refractivity contribution in [2.75, 3.05) is 26.2 Å². The molecule has 3 aliphatic rings. The van der Waals surface area contributed by atoms with Crippen LogP contribution in [0.25, 0.3) is 0 Å². The van der Waals surface area contributed by atoms with Crippen LogP contribution in [0.1, 0.15) is 30.9 Å². The lowest BCUT2D eigenvalue weighted by molar-refractivity contribution is 0.151. The molecule has 0 bridgehead atoms. The van der Waals surface area contributed by atoms with Gasteiger partial charge in [-0.3, -0.25) is 9.88 Å². The molecular formula is C20H22Cl2N4O3S. The number of nitrogens with zero attached hydrogens (tertiary/aromatic N) is 4. The smallest absolute Gasteiger partial charge is 0.243 e. The SMILES string of the molecule is O=S(=O)(c1cc(Cl)cc(Cl)c1)N1CCN2C[C@@H](Oc3cnc(C4CC4)cn3)C[C@H]2C1. The van der Waals surface area contributed by atoms with Gasteiger partial charge in [0.15, 0.2) is 0 Å². The zero-order chi connectivity index (χ0) is 20.9. The molecule has 0 spiro atoms. The number of ether oxygens (including phenoxy) is 1. The quantitative estimate of drug-likeness (QED) is 0.670. The molecule has 1 aromatic carbocycles. The molecule has 2 saturated heterocycles. The fourth-order valence-electron chi connectivity index (χ4n) is 4.25. The van der Waals surface area contributed by atoms with Gasteiger partial charge in [0.2, 0.25) is 15.9 Å². The van der Waals surface area contributed by atoms with E-state index >= 15 is 0 Å². The Morgan fingerprint density at radius 1 is 1.00 bits per heavy atom. The Hall–Kier alpha value is -1.45. The van der Waals surface area contributed by atoms with Crippen molar-refractivity contribution in [2.24, 2.45) is 0 Å². The molecule has 1 aromatic heterocycles. The fraction of sp³-hybridized carbons (Fsp3) is 0.500. The van der Waals surface area contributed by atoms with Gasteiger partial charge in [0.25, 0.3) is 0 Å². The Morgan fingerprint density at radius 2 is 1.77 bits per heavy atom. The molecule has 2 atom stereocenters. The first kappa shape index (κ1) is 20.5. The van der Waals surface area contributed by atoms with Gasteiger partial charge in [-0.25, -0.2) is 13.4 Å². The van der Waals surface area contributed by atoms with E-state index in [1.165, 1.54) is 35.3 Å². The van der Waals surface area contributed by atoms with Crippen LogP contribution in [-0.2, 0) is 10.0 Å². The van der Waals surface area contributed by atoms with Crippen LogP contribution < -0.4 is 4.74 Å². The summed E-state index contributed by atoms with van der Waals surface area (Å²) in [7, 11) is -3.65. The van der Waals surface area contributed by atoms with Crippen molar-refractivity contribution in [3.8, 4) is 5.88 Å². The monoisotopic (exact) mass is 468 g/mol. The largest absolute Gasteiger partial charge is 0.472 e. The van der Waals surface area contributed by atoms with Crippen LogP contribution >= 0.6 is 23.2 Å². The summed E-state index contributed by atoms with van der Waals surface area (Å²) in [6, 6.07) is 4.52. The highest BCUT2D eigenvalue weighted by Crippen LogP contribution is 2.38. The molecule has 0 amide bonds. The summed E-state index contributed by atoms with van der Waals surface area (Å²) in [6.45, 7) is 2.25. The van der Waals surface area contributed by atoms with Crippen molar-refractivity contribution in [3.63, 3.8) is 0 Å². The minimum absolute atomic E-state index is 0.0284. The summed E-state index contributed by atoms with van der Waals surface area (Å²) < 4.78 is 33.7. The van der Waals surface area contributed by atoms with E-state index < -0.39 is 10.0 Å². The van der Waals surface area contributed by atoms with Gasteiger partial charge in [0.05, 0.1) is 23.0 Å². The van der Waals surface area contributed by atoms with Crippen LogP contribution in [0, 0.1) is 0 Å². The van der Waals surface area contributed by atoms with Crippen LogP contribution in [0.4, 0.5) is 0 Å². The molecule has 0 radical (unpaired) electrons. The van der Waals surface area contributed by atoms with Gasteiger partial charge in [0, 0.05) is 54.6 Å². The minimum atomic E-state index is -3.65. The number of piperazine rings is 1. The van der Waals surface area contributed by atoms with Crippen LogP contribution in [0.15, 0.2) is 35.5 Å². The highest BCUT2D eigenvalue weighted by molar-refractivity contribution is 7.89. The first-order valence-corrected chi connectivity index (χ1v) is 12.3. The second-order valence-electron chi connectivity index (χ2n) is 8.15. The average molecular weight is 469 g/mol. The summed E-state index contributed by atoms with van der Waals surface area (Å²) >= 11 is 12.0. The summed E-state index contributed by atoms with van der Waals surface area (Å²) in [6.07, 6.45) is 6.60. The molecule has 10 heteroatoms. The van der Waals surface area contributed by atoms with Crippen molar-refractivity contribution in [3.05, 3.63) is 46.3 Å². The van der Waals surface area contributed by atoms with E-state index in [-0.39, 0.29) is 17.0 Å². The number of hydrogen-bond donors (Lipinski definition) is 0. The number of fused-ring (bicyclic) bond motifs is 1. The van der Waals surface area contributed by atoms with E-state index in [0.29, 0.717) is 41.5 Å². The maximum Gasteiger partial charge on any atom is 0.243 e. The third-order valence-electron chi connectivity index (χ3n) is 5.95. The van der Waals surface area contributed by atoms with Crippen molar-refractivity contribution in [1.82, 2.24) is 19.2 Å². The molecular weight excluding hydrogens is 447 g/mol. The fourth-order valence-corrected chi connectivity index (χ4v) is 6.44. The molecule has 5 rings (SSSR count). The van der Waals surface area contributed by atoms with Crippen molar-refractivity contribution in [2.45, 2.75) is 42.2 Å². The van der Waals surface area contributed by atoms with Crippen LogP contribution in [-0.4, -0.2) is 65.9 Å². The predicted octanol–water partition coefficient (Wildman–Crippen LogP) is 3.19. The van der Waals surface area contributed by atoms with E-state index in [1.807, 2.05) is 0 Å². The average Bonchev–Trinajstić information content (AvgIpc) is 3.47. The first-order chi connectivity index (χ1) is 14.4. The molecule has 3 heterocycles. The van der Waals surface area contributed by atoms with Crippen molar-refractivity contribution >= 4 is 33.2 Å².